The van der Waals surface area contributed by atoms with Crippen LogP contribution in [-0.4, -0.2) is 10.8 Å². The zero-order valence-electron chi connectivity index (χ0n) is 15.8. The van der Waals surface area contributed by atoms with E-state index in [1.54, 1.807) is 42.5 Å². The average molecular weight is 480 g/mol. The molecule has 0 aliphatic carbocycles. The number of benzene rings is 3. The fourth-order valence-electron chi connectivity index (χ4n) is 2.99. The second-order valence-corrected chi connectivity index (χ2v) is 7.50. The van der Waals surface area contributed by atoms with Gasteiger partial charge in [-0.25, -0.2) is 4.79 Å². The highest BCUT2D eigenvalue weighted by Crippen LogP contribution is 2.29. The molecule has 31 heavy (non-hydrogen) atoms. The number of hydrogen-bond acceptors (Lipinski definition) is 6. The van der Waals surface area contributed by atoms with Crippen molar-refractivity contribution < 1.29 is 14.1 Å². The van der Waals surface area contributed by atoms with Crippen molar-refractivity contribution in [1.82, 2.24) is 0 Å². The molecule has 3 aromatic carbocycles. The van der Waals surface area contributed by atoms with Crippen LogP contribution >= 0.6 is 15.9 Å². The molecule has 0 unspecified atom stereocenters. The van der Waals surface area contributed by atoms with E-state index in [1.807, 2.05) is 6.07 Å². The summed E-state index contributed by atoms with van der Waals surface area (Å²) in [5.41, 5.74) is 1.64. The monoisotopic (exact) mass is 479 g/mol. The Labute approximate surface area is 183 Å². The molecule has 0 bridgehead atoms. The summed E-state index contributed by atoms with van der Waals surface area (Å²) < 4.78 is 5.92. The Balaban J connectivity index is 1.57. The summed E-state index contributed by atoms with van der Waals surface area (Å²) in [6, 6.07) is 19.1. The highest BCUT2D eigenvalue weighted by molar-refractivity contribution is 9.10. The molecular weight excluding hydrogens is 466 g/mol. The number of hydrogen-bond donors (Lipinski definition) is 2. The van der Waals surface area contributed by atoms with Gasteiger partial charge in [0.1, 0.15) is 5.58 Å². The summed E-state index contributed by atoms with van der Waals surface area (Å²) in [6.07, 6.45) is 0. The van der Waals surface area contributed by atoms with E-state index in [0.29, 0.717) is 28.0 Å². The summed E-state index contributed by atoms with van der Waals surface area (Å²) in [5, 5.41) is 17.4. The molecule has 1 amide bonds. The van der Waals surface area contributed by atoms with Crippen LogP contribution in [0.1, 0.15) is 10.4 Å². The first kappa shape index (κ1) is 20.3. The molecule has 0 saturated heterocycles. The highest BCUT2D eigenvalue weighted by atomic mass is 79.9. The lowest BCUT2D eigenvalue weighted by atomic mass is 10.1. The third kappa shape index (κ3) is 4.62. The Morgan fingerprint density at radius 2 is 1.71 bits per heavy atom. The summed E-state index contributed by atoms with van der Waals surface area (Å²) in [6.45, 7) is 0. The van der Waals surface area contributed by atoms with E-state index < -0.39 is 10.5 Å². The number of rotatable bonds is 5. The van der Waals surface area contributed by atoms with E-state index in [-0.39, 0.29) is 17.2 Å². The topological polar surface area (TPSA) is 114 Å². The molecule has 4 aromatic rings. The fraction of sp³-hybridized carbons (Fsp3) is 0. The summed E-state index contributed by atoms with van der Waals surface area (Å²) in [5.74, 6) is -0.249. The predicted molar refractivity (Wildman–Crippen MR) is 121 cm³/mol. The largest absolute Gasteiger partial charge is 0.423 e. The molecule has 154 valence electrons. The number of non-ortho nitro benzene ring substituents is 1. The molecule has 4 rings (SSSR count). The number of nitrogens with zero attached hydrogens (tertiary/aromatic N) is 1. The average Bonchev–Trinajstić information content (AvgIpc) is 2.74. The zero-order chi connectivity index (χ0) is 22.0. The predicted octanol–water partition coefficient (Wildman–Crippen LogP) is 5.46. The van der Waals surface area contributed by atoms with Crippen LogP contribution < -0.4 is 16.3 Å². The van der Waals surface area contributed by atoms with E-state index in [4.69, 9.17) is 4.42 Å². The minimum absolute atomic E-state index is 0.116. The van der Waals surface area contributed by atoms with Crippen LogP contribution in [-0.2, 0) is 0 Å². The van der Waals surface area contributed by atoms with Crippen LogP contribution in [0.25, 0.3) is 11.0 Å². The molecule has 9 heteroatoms. The Morgan fingerprint density at radius 1 is 0.968 bits per heavy atom. The first-order valence-electron chi connectivity index (χ1n) is 9.05. The Bertz CT molecular complexity index is 1370. The summed E-state index contributed by atoms with van der Waals surface area (Å²) >= 11 is 3.34. The van der Waals surface area contributed by atoms with Gasteiger partial charge in [-0.15, -0.1) is 0 Å². The van der Waals surface area contributed by atoms with Gasteiger partial charge >= 0.3 is 5.63 Å². The summed E-state index contributed by atoms with van der Waals surface area (Å²) in [4.78, 5) is 34.8. The zero-order valence-corrected chi connectivity index (χ0v) is 17.4. The van der Waals surface area contributed by atoms with Gasteiger partial charge in [0, 0.05) is 45.0 Å². The van der Waals surface area contributed by atoms with Crippen molar-refractivity contribution in [1.29, 1.82) is 0 Å². The summed E-state index contributed by atoms with van der Waals surface area (Å²) in [7, 11) is 0. The third-order valence-electron chi connectivity index (χ3n) is 4.45. The standard InChI is InChI=1S/C22H14BrN3O5/c23-14-3-1-2-13(10-14)22(28)25-16-6-4-15(5-7-16)24-19-12-21(27)31-20-9-8-17(26(29)30)11-18(19)20/h1-12,24H,(H,25,28). The quantitative estimate of drug-likeness (QED) is 0.223. The molecular formula is C22H14BrN3O5. The van der Waals surface area contributed by atoms with E-state index in [2.05, 4.69) is 26.6 Å². The molecule has 0 fully saturated rings. The first-order valence-corrected chi connectivity index (χ1v) is 9.85. The van der Waals surface area contributed by atoms with Crippen LogP contribution in [0.5, 0.6) is 0 Å². The lowest BCUT2D eigenvalue weighted by Gasteiger charge is -2.10. The molecule has 2 N–H and O–H groups in total. The van der Waals surface area contributed by atoms with E-state index in [1.165, 1.54) is 24.3 Å². The number of nitro groups is 1. The van der Waals surface area contributed by atoms with Gasteiger partial charge in [-0.3, -0.25) is 14.9 Å². The molecule has 0 aliphatic heterocycles. The van der Waals surface area contributed by atoms with Gasteiger partial charge in [0.25, 0.3) is 11.6 Å². The number of anilines is 3. The molecule has 0 spiro atoms. The Morgan fingerprint density at radius 3 is 2.42 bits per heavy atom. The van der Waals surface area contributed by atoms with Crippen molar-refractivity contribution in [3.8, 4) is 0 Å². The molecule has 1 heterocycles. The van der Waals surface area contributed by atoms with Gasteiger partial charge in [0.05, 0.1) is 10.6 Å². The van der Waals surface area contributed by atoms with Gasteiger partial charge in [0.15, 0.2) is 0 Å². The van der Waals surface area contributed by atoms with Crippen molar-refractivity contribution in [3.63, 3.8) is 0 Å². The van der Waals surface area contributed by atoms with Crippen LogP contribution in [0.3, 0.4) is 0 Å². The molecule has 0 radical (unpaired) electrons. The Hall–Kier alpha value is -3.98. The Kier molecular flexibility index (Phi) is 5.50. The van der Waals surface area contributed by atoms with Crippen molar-refractivity contribution in [3.05, 3.63) is 103 Å². The first-order chi connectivity index (χ1) is 14.9. The van der Waals surface area contributed by atoms with Crippen molar-refractivity contribution >= 4 is 55.6 Å². The van der Waals surface area contributed by atoms with Gasteiger partial charge in [-0.1, -0.05) is 22.0 Å². The van der Waals surface area contributed by atoms with Gasteiger partial charge in [-0.05, 0) is 48.5 Å². The number of carbonyl (C=O) groups is 1. The van der Waals surface area contributed by atoms with Gasteiger partial charge < -0.3 is 15.1 Å². The number of fused-ring (bicyclic) bond motifs is 1. The SMILES string of the molecule is O=C(Nc1ccc(Nc2cc(=O)oc3ccc([N+](=O)[O-])cc23)cc1)c1cccc(Br)c1. The minimum Gasteiger partial charge on any atom is -0.423 e. The van der Waals surface area contributed by atoms with Gasteiger partial charge in [0.2, 0.25) is 0 Å². The highest BCUT2D eigenvalue weighted by Gasteiger charge is 2.12. The van der Waals surface area contributed by atoms with Crippen molar-refractivity contribution in [2.75, 3.05) is 10.6 Å². The maximum Gasteiger partial charge on any atom is 0.338 e. The second kappa shape index (κ2) is 8.41. The lowest BCUT2D eigenvalue weighted by Crippen LogP contribution is -2.11. The van der Waals surface area contributed by atoms with E-state index in [9.17, 15) is 19.7 Å². The second-order valence-electron chi connectivity index (χ2n) is 6.58. The van der Waals surface area contributed by atoms with E-state index in [0.717, 1.165) is 4.47 Å². The van der Waals surface area contributed by atoms with Gasteiger partial charge in [-0.2, -0.15) is 0 Å². The number of amides is 1. The number of nitro benzene ring substituents is 1. The minimum atomic E-state index is -0.582. The maximum absolute atomic E-state index is 12.4. The fourth-order valence-corrected chi connectivity index (χ4v) is 3.39. The van der Waals surface area contributed by atoms with Crippen LogP contribution in [0, 0.1) is 10.1 Å². The number of carbonyl (C=O) groups excluding carboxylic acids is 1. The molecule has 0 atom stereocenters. The smallest absolute Gasteiger partial charge is 0.338 e. The number of halogens is 1. The maximum atomic E-state index is 12.4. The van der Waals surface area contributed by atoms with E-state index >= 15 is 0 Å². The van der Waals surface area contributed by atoms with Crippen molar-refractivity contribution in [2.45, 2.75) is 0 Å². The van der Waals surface area contributed by atoms with Crippen LogP contribution in [0.2, 0.25) is 0 Å². The van der Waals surface area contributed by atoms with Crippen LogP contribution in [0.15, 0.2) is 86.5 Å². The molecule has 8 nitrogen and oxygen atoms in total. The molecule has 0 saturated carbocycles. The normalized spacial score (nSPS) is 10.6. The third-order valence-corrected chi connectivity index (χ3v) is 4.94. The van der Waals surface area contributed by atoms with Crippen molar-refractivity contribution in [2.24, 2.45) is 0 Å². The molecule has 0 aliphatic rings. The number of nitrogens with one attached hydrogen (secondary N) is 2. The van der Waals surface area contributed by atoms with Crippen LogP contribution in [0.4, 0.5) is 22.7 Å². The lowest BCUT2D eigenvalue weighted by molar-refractivity contribution is -0.384. The molecule has 1 aromatic heterocycles.